The number of quaternary nitrogens is 1. The third kappa shape index (κ3) is 44.2. The Morgan fingerprint density at radius 2 is 0.875 bits per heavy atom. The Kier molecular flexibility index (Phi) is 44.4. The quantitative estimate of drug-likeness (QED) is 0.0259. The van der Waals surface area contributed by atoms with E-state index in [0.29, 0.717) is 12.8 Å². The number of esters is 2. The molecule has 0 aliphatic heterocycles. The van der Waals surface area contributed by atoms with Crippen LogP contribution in [0.15, 0.2) is 60.8 Å². The lowest BCUT2D eigenvalue weighted by atomic mass is 10.0. The van der Waals surface area contributed by atoms with Crippen LogP contribution in [0.25, 0.3) is 0 Å². The fourth-order valence-corrected chi connectivity index (χ4v) is 7.59. The maximum Gasteiger partial charge on any atom is 0.306 e. The Morgan fingerprint density at radius 1 is 0.484 bits per heavy atom. The lowest BCUT2D eigenvalue weighted by molar-refractivity contribution is -0.889. The standard InChI is InChI=1S/C56H99NO7/c1-6-8-10-12-14-16-18-20-22-24-25-26-27-28-29-31-32-34-36-38-40-42-44-46-54(58)63-51-52(50-62-49-48-53(56(60)61)57(3,4)5)64-55(59)47-45-43-41-39-37-35-33-30-23-21-19-17-15-13-11-9-7-2/h9,11,15,17-18,20-21,23-25,52-53H,6-8,10,12-14,16,19,22,26-51H2,1-5H3/b11-9-,17-15-,20-18-,23-21-,25-24-. The number of carboxylic acid groups (broad SMARTS) is 1. The molecule has 0 aromatic rings. The second-order valence-corrected chi connectivity index (χ2v) is 18.7. The van der Waals surface area contributed by atoms with E-state index >= 15 is 0 Å². The molecule has 370 valence electrons. The predicted octanol–water partition coefficient (Wildman–Crippen LogP) is 14.0. The highest BCUT2D eigenvalue weighted by molar-refractivity contribution is 5.70. The summed E-state index contributed by atoms with van der Waals surface area (Å²) < 4.78 is 17.2. The van der Waals surface area contributed by atoms with Crippen molar-refractivity contribution in [3.05, 3.63) is 60.8 Å². The lowest BCUT2D eigenvalue weighted by Gasteiger charge is -2.34. The Morgan fingerprint density at radius 3 is 1.30 bits per heavy atom. The highest BCUT2D eigenvalue weighted by Crippen LogP contribution is 2.15. The Labute approximate surface area is 394 Å². The van der Waals surface area contributed by atoms with Gasteiger partial charge in [0.2, 0.25) is 0 Å². The minimum atomic E-state index is -1.13. The van der Waals surface area contributed by atoms with E-state index in [9.17, 15) is 19.5 Å². The van der Waals surface area contributed by atoms with Crippen molar-refractivity contribution in [2.24, 2.45) is 0 Å². The van der Waals surface area contributed by atoms with E-state index in [2.05, 4.69) is 74.6 Å². The van der Waals surface area contributed by atoms with E-state index in [1.165, 1.54) is 116 Å². The second-order valence-electron chi connectivity index (χ2n) is 18.7. The first-order chi connectivity index (χ1) is 31.1. The Bertz CT molecular complexity index is 1230. The molecule has 0 amide bonds. The third-order valence-corrected chi connectivity index (χ3v) is 11.6. The first-order valence-corrected chi connectivity index (χ1v) is 26.3. The van der Waals surface area contributed by atoms with Crippen LogP contribution in [0.4, 0.5) is 0 Å². The van der Waals surface area contributed by atoms with Gasteiger partial charge in [0.1, 0.15) is 12.6 Å². The number of unbranched alkanes of at least 4 members (excludes halogenated alkanes) is 23. The van der Waals surface area contributed by atoms with Gasteiger partial charge in [0, 0.05) is 19.3 Å². The fraction of sp³-hybridized carbons (Fsp3) is 0.768. The van der Waals surface area contributed by atoms with E-state index in [1.54, 1.807) is 21.1 Å². The summed E-state index contributed by atoms with van der Waals surface area (Å²) in [6.07, 6.45) is 58.2. The summed E-state index contributed by atoms with van der Waals surface area (Å²) in [6, 6.07) is -0.730. The number of aliphatic carboxylic acids is 1. The molecule has 0 spiro atoms. The molecule has 2 atom stereocenters. The number of allylic oxidation sites excluding steroid dienone is 10. The fourth-order valence-electron chi connectivity index (χ4n) is 7.59. The number of likely N-dealkylation sites (N-methyl/N-ethyl adjacent to an activating group) is 1. The summed E-state index contributed by atoms with van der Waals surface area (Å²) in [5.74, 6) is -1.75. The van der Waals surface area contributed by atoms with Crippen LogP contribution in [0.3, 0.4) is 0 Å². The Hall–Kier alpha value is -2.97. The van der Waals surface area contributed by atoms with Gasteiger partial charge in [0.25, 0.3) is 0 Å². The summed E-state index contributed by atoms with van der Waals surface area (Å²) in [6.45, 7) is 4.55. The van der Waals surface area contributed by atoms with Gasteiger partial charge in [-0.05, 0) is 77.0 Å². The molecule has 0 heterocycles. The van der Waals surface area contributed by atoms with Crippen LogP contribution in [-0.4, -0.2) is 75.5 Å². The SMILES string of the molecule is CC/C=C\C/C=C\C/C=C\CCCCCCCCCC(=O)OC(COCCC(C(=O)[O-])[N+](C)(C)C)COC(=O)CCCCCCCCCCCCC/C=C\C/C=C\CCCCCCC. The zero-order valence-electron chi connectivity index (χ0n) is 42.2. The molecule has 0 saturated heterocycles. The molecule has 0 N–H and O–H groups in total. The van der Waals surface area contributed by atoms with E-state index in [1.807, 2.05) is 0 Å². The average Bonchev–Trinajstić information content (AvgIpc) is 3.26. The minimum Gasteiger partial charge on any atom is -0.544 e. The molecule has 0 aliphatic carbocycles. The van der Waals surface area contributed by atoms with E-state index in [-0.39, 0.29) is 42.7 Å². The van der Waals surface area contributed by atoms with E-state index in [4.69, 9.17) is 14.2 Å². The largest absolute Gasteiger partial charge is 0.544 e. The van der Waals surface area contributed by atoms with Gasteiger partial charge in [-0.2, -0.15) is 0 Å². The number of hydrogen-bond donors (Lipinski definition) is 0. The molecule has 0 radical (unpaired) electrons. The van der Waals surface area contributed by atoms with Crippen molar-refractivity contribution in [1.82, 2.24) is 0 Å². The van der Waals surface area contributed by atoms with Crippen molar-refractivity contribution >= 4 is 17.9 Å². The number of nitrogens with zero attached hydrogens (tertiary/aromatic N) is 1. The molecule has 2 unspecified atom stereocenters. The molecule has 0 rings (SSSR count). The molecule has 0 aromatic carbocycles. The number of hydrogen-bond acceptors (Lipinski definition) is 7. The normalized spacial score (nSPS) is 13.3. The topological polar surface area (TPSA) is 102 Å². The number of ether oxygens (including phenoxy) is 3. The summed E-state index contributed by atoms with van der Waals surface area (Å²) in [4.78, 5) is 37.1. The van der Waals surface area contributed by atoms with Crippen LogP contribution in [-0.2, 0) is 28.6 Å². The first-order valence-electron chi connectivity index (χ1n) is 26.3. The van der Waals surface area contributed by atoms with Gasteiger partial charge >= 0.3 is 11.9 Å². The van der Waals surface area contributed by atoms with E-state index in [0.717, 1.165) is 77.0 Å². The van der Waals surface area contributed by atoms with Gasteiger partial charge in [0.05, 0.1) is 40.3 Å². The van der Waals surface area contributed by atoms with Gasteiger partial charge in [-0.15, -0.1) is 0 Å². The number of carboxylic acids is 1. The maximum absolute atomic E-state index is 12.8. The van der Waals surface area contributed by atoms with Crippen molar-refractivity contribution in [2.75, 3.05) is 41.0 Å². The van der Waals surface area contributed by atoms with E-state index < -0.39 is 18.1 Å². The van der Waals surface area contributed by atoms with Crippen LogP contribution in [0, 0.1) is 0 Å². The molecule has 0 bridgehead atoms. The van der Waals surface area contributed by atoms with Crippen LogP contribution in [0.2, 0.25) is 0 Å². The molecule has 0 fully saturated rings. The molecular weight excluding hydrogens is 799 g/mol. The molecule has 0 aromatic heterocycles. The van der Waals surface area contributed by atoms with Crippen LogP contribution >= 0.6 is 0 Å². The monoisotopic (exact) mass is 898 g/mol. The number of rotatable bonds is 47. The van der Waals surface area contributed by atoms with Crippen molar-refractivity contribution in [3.8, 4) is 0 Å². The highest BCUT2D eigenvalue weighted by atomic mass is 16.6. The average molecular weight is 898 g/mol. The number of carbonyl (C=O) groups excluding carboxylic acids is 3. The van der Waals surface area contributed by atoms with Crippen molar-refractivity contribution < 1.29 is 38.2 Å². The maximum atomic E-state index is 12.8. The van der Waals surface area contributed by atoms with Gasteiger partial charge in [-0.25, -0.2) is 0 Å². The predicted molar refractivity (Wildman–Crippen MR) is 268 cm³/mol. The zero-order valence-corrected chi connectivity index (χ0v) is 42.2. The van der Waals surface area contributed by atoms with Crippen molar-refractivity contribution in [2.45, 2.75) is 238 Å². The van der Waals surface area contributed by atoms with Crippen LogP contribution in [0.1, 0.15) is 226 Å². The highest BCUT2D eigenvalue weighted by Gasteiger charge is 2.25. The van der Waals surface area contributed by atoms with Gasteiger partial charge < -0.3 is 28.6 Å². The molecule has 8 nitrogen and oxygen atoms in total. The van der Waals surface area contributed by atoms with Gasteiger partial charge in [0.15, 0.2) is 6.10 Å². The Balaban J connectivity index is 4.22. The first kappa shape index (κ1) is 61.0. The summed E-state index contributed by atoms with van der Waals surface area (Å²) in [5, 5.41) is 11.7. The van der Waals surface area contributed by atoms with Crippen LogP contribution in [0.5, 0.6) is 0 Å². The van der Waals surface area contributed by atoms with Crippen LogP contribution < -0.4 is 5.11 Å². The molecular formula is C56H99NO7. The molecule has 0 saturated carbocycles. The zero-order chi connectivity index (χ0) is 47.0. The molecule has 8 heteroatoms. The lowest BCUT2D eigenvalue weighted by Crippen LogP contribution is -2.55. The van der Waals surface area contributed by atoms with Gasteiger partial charge in [-0.3, -0.25) is 9.59 Å². The summed E-state index contributed by atoms with van der Waals surface area (Å²) in [5.41, 5.74) is 0. The minimum absolute atomic E-state index is 0.0350. The summed E-state index contributed by atoms with van der Waals surface area (Å²) >= 11 is 0. The van der Waals surface area contributed by atoms with Crippen molar-refractivity contribution in [3.63, 3.8) is 0 Å². The molecule has 0 aliphatic rings. The van der Waals surface area contributed by atoms with Crippen molar-refractivity contribution in [1.29, 1.82) is 0 Å². The number of carbonyl (C=O) groups is 3. The third-order valence-electron chi connectivity index (χ3n) is 11.6. The molecule has 64 heavy (non-hydrogen) atoms. The smallest absolute Gasteiger partial charge is 0.306 e. The second kappa shape index (κ2) is 46.6. The van der Waals surface area contributed by atoms with Gasteiger partial charge in [-0.1, -0.05) is 190 Å². The summed E-state index contributed by atoms with van der Waals surface area (Å²) in [7, 11) is 5.41.